The fourth-order valence-corrected chi connectivity index (χ4v) is 2.30. The Morgan fingerprint density at radius 1 is 1.24 bits per heavy atom. The molecule has 0 saturated heterocycles. The van der Waals surface area contributed by atoms with Crippen LogP contribution in [0.1, 0.15) is 5.82 Å². The maximum atomic E-state index is 12.7. The lowest BCUT2D eigenvalue weighted by atomic mass is 10.3. The number of nitrogens with one attached hydrogen (secondary N) is 1. The van der Waals surface area contributed by atoms with Gasteiger partial charge in [0, 0.05) is 12.7 Å². The summed E-state index contributed by atoms with van der Waals surface area (Å²) in [6.07, 6.45) is 0. The van der Waals surface area contributed by atoms with Crippen LogP contribution in [0.2, 0.25) is 0 Å². The Labute approximate surface area is 116 Å². The molecule has 2 rings (SSSR count). The SMILES string of the molecule is Cn1nc(N)nc1CNc1cccc(S(F)(F)(F)(F)F)c1. The van der Waals surface area contributed by atoms with E-state index in [1.807, 2.05) is 0 Å². The van der Waals surface area contributed by atoms with Gasteiger partial charge in [-0.3, -0.25) is 0 Å². The van der Waals surface area contributed by atoms with Crippen LogP contribution in [0, 0.1) is 0 Å². The van der Waals surface area contributed by atoms with Gasteiger partial charge >= 0.3 is 10.2 Å². The lowest BCUT2D eigenvalue weighted by Gasteiger charge is -2.40. The molecule has 0 unspecified atom stereocenters. The van der Waals surface area contributed by atoms with E-state index >= 15 is 0 Å². The molecule has 0 radical (unpaired) electrons. The average Bonchev–Trinajstić information content (AvgIpc) is 2.63. The Kier molecular flexibility index (Phi) is 2.92. The molecule has 1 aromatic carbocycles. The molecule has 21 heavy (non-hydrogen) atoms. The van der Waals surface area contributed by atoms with Crippen molar-refractivity contribution in [1.29, 1.82) is 0 Å². The number of nitrogens with zero attached hydrogens (tertiary/aromatic N) is 3. The van der Waals surface area contributed by atoms with Crippen LogP contribution >= 0.6 is 10.2 Å². The summed E-state index contributed by atoms with van der Waals surface area (Å²) in [6, 6.07) is 2.85. The predicted molar refractivity (Wildman–Crippen MR) is 70.6 cm³/mol. The molecule has 0 aliphatic carbocycles. The van der Waals surface area contributed by atoms with E-state index in [-0.39, 0.29) is 18.2 Å². The van der Waals surface area contributed by atoms with Crippen molar-refractivity contribution in [3.63, 3.8) is 0 Å². The zero-order chi connectivity index (χ0) is 16.0. The zero-order valence-electron chi connectivity index (χ0n) is 10.7. The Morgan fingerprint density at radius 2 is 1.90 bits per heavy atom. The average molecular weight is 329 g/mol. The summed E-state index contributed by atoms with van der Waals surface area (Å²) >= 11 is 0. The Morgan fingerprint density at radius 3 is 2.43 bits per heavy atom. The highest BCUT2D eigenvalue weighted by molar-refractivity contribution is 8.45. The molecular weight excluding hydrogens is 317 g/mol. The van der Waals surface area contributed by atoms with Gasteiger partial charge in [-0.05, 0) is 18.2 Å². The molecule has 0 fully saturated rings. The van der Waals surface area contributed by atoms with Crippen molar-refractivity contribution in [2.24, 2.45) is 7.05 Å². The third-order valence-electron chi connectivity index (χ3n) is 2.60. The van der Waals surface area contributed by atoms with Gasteiger partial charge in [-0.25, -0.2) is 4.68 Å². The topological polar surface area (TPSA) is 68.8 Å². The molecule has 118 valence electrons. The zero-order valence-corrected chi connectivity index (χ0v) is 11.6. The van der Waals surface area contributed by atoms with E-state index in [1.165, 1.54) is 10.7 Å². The van der Waals surface area contributed by atoms with Crippen LogP contribution in [0.5, 0.6) is 0 Å². The van der Waals surface area contributed by atoms with E-state index in [0.717, 1.165) is 6.07 Å². The van der Waals surface area contributed by atoms with E-state index in [9.17, 15) is 19.4 Å². The summed E-state index contributed by atoms with van der Waals surface area (Å²) < 4.78 is 64.8. The van der Waals surface area contributed by atoms with Gasteiger partial charge in [-0.1, -0.05) is 25.5 Å². The van der Waals surface area contributed by atoms with Crippen molar-refractivity contribution in [3.8, 4) is 0 Å². The molecular formula is C10H12F5N5S. The second-order valence-corrected chi connectivity index (χ2v) is 6.77. The van der Waals surface area contributed by atoms with Gasteiger partial charge < -0.3 is 11.1 Å². The molecule has 0 aliphatic heterocycles. The van der Waals surface area contributed by atoms with Crippen molar-refractivity contribution in [3.05, 3.63) is 30.1 Å². The van der Waals surface area contributed by atoms with E-state index in [1.54, 1.807) is 7.05 Å². The van der Waals surface area contributed by atoms with Gasteiger partial charge in [0.1, 0.15) is 10.7 Å². The number of rotatable bonds is 4. The Bertz CT molecular complexity index is 681. The molecule has 0 aliphatic rings. The van der Waals surface area contributed by atoms with Crippen LogP contribution in [0.3, 0.4) is 0 Å². The molecule has 0 spiro atoms. The van der Waals surface area contributed by atoms with Gasteiger partial charge in [0.05, 0.1) is 6.54 Å². The number of aryl methyl sites for hydroxylation is 1. The highest BCUT2D eigenvalue weighted by atomic mass is 32.5. The van der Waals surface area contributed by atoms with Crippen molar-refractivity contribution in [2.45, 2.75) is 11.4 Å². The Balaban J connectivity index is 2.22. The van der Waals surface area contributed by atoms with Gasteiger partial charge in [-0.15, -0.1) is 5.10 Å². The van der Waals surface area contributed by atoms with E-state index in [2.05, 4.69) is 15.4 Å². The third-order valence-corrected chi connectivity index (χ3v) is 3.74. The highest BCUT2D eigenvalue weighted by Gasteiger charge is 2.65. The van der Waals surface area contributed by atoms with Crippen LogP contribution in [0.25, 0.3) is 0 Å². The maximum absolute atomic E-state index is 12.7. The number of benzene rings is 1. The number of nitrogen functional groups attached to an aromatic ring is 1. The summed E-state index contributed by atoms with van der Waals surface area (Å²) in [7, 11) is -8.13. The summed E-state index contributed by atoms with van der Waals surface area (Å²) in [5, 5.41) is 6.32. The number of nitrogens with two attached hydrogens (primary N) is 1. The molecule has 0 amide bonds. The molecule has 3 N–H and O–H groups in total. The first-order chi connectivity index (χ1) is 9.35. The second-order valence-electron chi connectivity index (χ2n) is 4.36. The minimum atomic E-state index is -9.68. The van der Waals surface area contributed by atoms with Crippen molar-refractivity contribution in [1.82, 2.24) is 14.8 Å². The lowest BCUT2D eigenvalue weighted by molar-refractivity contribution is 0.364. The van der Waals surface area contributed by atoms with Crippen LogP contribution in [0.4, 0.5) is 31.1 Å². The van der Waals surface area contributed by atoms with Crippen LogP contribution in [-0.2, 0) is 13.6 Å². The van der Waals surface area contributed by atoms with E-state index < -0.39 is 15.1 Å². The van der Waals surface area contributed by atoms with Gasteiger partial charge in [0.15, 0.2) is 0 Å². The predicted octanol–water partition coefficient (Wildman–Crippen LogP) is 3.67. The number of anilines is 2. The quantitative estimate of drug-likeness (QED) is 0.840. The molecule has 5 nitrogen and oxygen atoms in total. The summed E-state index contributed by atoms with van der Waals surface area (Å²) in [6.45, 7) is -0.00945. The third kappa shape index (κ3) is 3.74. The number of hydrogen-bond donors (Lipinski definition) is 2. The molecule has 11 heteroatoms. The minimum absolute atomic E-state index is 0.00932. The molecule has 0 saturated carbocycles. The fraction of sp³-hybridized carbons (Fsp3) is 0.200. The van der Waals surface area contributed by atoms with Crippen LogP contribution in [-0.4, -0.2) is 14.8 Å². The van der Waals surface area contributed by atoms with Gasteiger partial charge in [0.2, 0.25) is 5.95 Å². The summed E-state index contributed by atoms with van der Waals surface area (Å²) in [4.78, 5) is 1.88. The molecule has 1 aromatic heterocycles. The summed E-state index contributed by atoms with van der Waals surface area (Å²) in [5.74, 6) is 0.361. The van der Waals surface area contributed by atoms with Crippen molar-refractivity contribution >= 4 is 21.9 Å². The lowest BCUT2D eigenvalue weighted by Crippen LogP contribution is -2.09. The molecule has 0 bridgehead atoms. The summed E-state index contributed by atoms with van der Waals surface area (Å²) in [5.41, 5.74) is 5.24. The molecule has 1 heterocycles. The highest BCUT2D eigenvalue weighted by Crippen LogP contribution is 3.02. The number of hydrogen-bond acceptors (Lipinski definition) is 4. The van der Waals surface area contributed by atoms with Crippen LogP contribution < -0.4 is 11.1 Å². The standard InChI is InChI=1S/C10H12F5N5S/c1-20-9(18-10(16)19-20)6-17-7-3-2-4-8(5-7)21(11,12,13,14)15/h2-5,17H,6H2,1H3,(H2,16,19). The smallest absolute Gasteiger partial charge is 0.310 e. The minimum Gasteiger partial charge on any atom is -0.378 e. The largest absolute Gasteiger partial charge is 0.378 e. The van der Waals surface area contributed by atoms with Crippen molar-refractivity contribution < 1.29 is 19.4 Å². The van der Waals surface area contributed by atoms with Gasteiger partial charge in [-0.2, -0.15) is 4.98 Å². The maximum Gasteiger partial charge on any atom is 0.310 e. The fourth-order valence-electron chi connectivity index (χ4n) is 1.62. The van der Waals surface area contributed by atoms with Crippen molar-refractivity contribution in [2.75, 3.05) is 11.1 Å². The normalized spacial score (nSPS) is 15.3. The molecule has 2 aromatic rings. The van der Waals surface area contributed by atoms with E-state index in [0.29, 0.717) is 18.0 Å². The molecule has 0 atom stereocenters. The van der Waals surface area contributed by atoms with E-state index in [4.69, 9.17) is 5.73 Å². The second kappa shape index (κ2) is 4.00. The first-order valence-corrected chi connectivity index (χ1v) is 7.54. The number of aromatic nitrogens is 3. The Hall–Kier alpha value is -2.04. The van der Waals surface area contributed by atoms with Gasteiger partial charge in [0.25, 0.3) is 0 Å². The first-order valence-electron chi connectivity index (χ1n) is 5.58. The first kappa shape index (κ1) is 15.4. The van der Waals surface area contributed by atoms with Crippen LogP contribution in [0.15, 0.2) is 29.2 Å². The number of halogens is 5. The monoisotopic (exact) mass is 329 g/mol.